The number of nitrogens with two attached hydrogens (primary N) is 1. The van der Waals surface area contributed by atoms with Crippen LogP contribution in [0.2, 0.25) is 0 Å². The van der Waals surface area contributed by atoms with Gasteiger partial charge >= 0.3 is 0 Å². The van der Waals surface area contributed by atoms with Crippen molar-refractivity contribution in [3.63, 3.8) is 0 Å². The van der Waals surface area contributed by atoms with Gasteiger partial charge in [0.15, 0.2) is 5.78 Å². The molecule has 96 valence electrons. The van der Waals surface area contributed by atoms with Gasteiger partial charge in [0.25, 0.3) is 0 Å². The van der Waals surface area contributed by atoms with Crippen LogP contribution in [0.25, 0.3) is 0 Å². The third-order valence-electron chi connectivity index (χ3n) is 3.45. The summed E-state index contributed by atoms with van der Waals surface area (Å²) in [5.41, 5.74) is 8.12. The second-order valence-electron chi connectivity index (χ2n) is 4.65. The first-order valence-electron chi connectivity index (χ1n) is 6.15. The highest BCUT2D eigenvalue weighted by molar-refractivity contribution is 6.06. The van der Waals surface area contributed by atoms with E-state index in [-0.39, 0.29) is 17.5 Å². The molecule has 2 N–H and O–H groups in total. The smallest absolute Gasteiger partial charge is 0.177 e. The maximum absolute atomic E-state index is 12.7. The van der Waals surface area contributed by atoms with Crippen molar-refractivity contribution in [2.24, 2.45) is 0 Å². The SMILES string of the molecule is Cc1ccnc(N)c1C(=O)C1COc2ccccc21. The first-order valence-corrected chi connectivity index (χ1v) is 6.15. The van der Waals surface area contributed by atoms with Gasteiger partial charge in [-0.25, -0.2) is 4.98 Å². The van der Waals surface area contributed by atoms with Crippen LogP contribution in [0.4, 0.5) is 5.82 Å². The molecular weight excluding hydrogens is 240 g/mol. The number of pyridine rings is 1. The molecule has 0 bridgehead atoms. The zero-order valence-corrected chi connectivity index (χ0v) is 10.6. The number of nitrogen functional groups attached to an aromatic ring is 1. The minimum absolute atomic E-state index is 0.0203. The quantitative estimate of drug-likeness (QED) is 0.835. The van der Waals surface area contributed by atoms with Gasteiger partial charge in [0.2, 0.25) is 0 Å². The van der Waals surface area contributed by atoms with E-state index in [0.29, 0.717) is 12.2 Å². The fraction of sp³-hybridized carbons (Fsp3) is 0.200. The molecule has 0 saturated heterocycles. The number of nitrogens with zero attached hydrogens (tertiary/aromatic N) is 1. The average Bonchev–Trinajstić information content (AvgIpc) is 2.82. The fourth-order valence-electron chi connectivity index (χ4n) is 2.45. The van der Waals surface area contributed by atoms with Crippen molar-refractivity contribution in [2.45, 2.75) is 12.8 Å². The van der Waals surface area contributed by atoms with Crippen LogP contribution in [0.5, 0.6) is 5.75 Å². The molecule has 1 unspecified atom stereocenters. The number of hydrogen-bond donors (Lipinski definition) is 1. The molecule has 1 aromatic carbocycles. The normalized spacial score (nSPS) is 16.8. The minimum atomic E-state index is -0.290. The number of benzene rings is 1. The summed E-state index contributed by atoms with van der Waals surface area (Å²) in [4.78, 5) is 16.7. The molecule has 0 saturated carbocycles. The predicted octanol–water partition coefficient (Wildman–Crippen LogP) is 2.33. The number of rotatable bonds is 2. The molecule has 0 spiro atoms. The van der Waals surface area contributed by atoms with Crippen LogP contribution < -0.4 is 10.5 Å². The summed E-state index contributed by atoms with van der Waals surface area (Å²) in [7, 11) is 0. The fourth-order valence-corrected chi connectivity index (χ4v) is 2.45. The van der Waals surface area contributed by atoms with E-state index in [4.69, 9.17) is 10.5 Å². The molecule has 4 nitrogen and oxygen atoms in total. The third-order valence-corrected chi connectivity index (χ3v) is 3.45. The first kappa shape index (κ1) is 11.7. The van der Waals surface area contributed by atoms with E-state index in [9.17, 15) is 4.79 Å². The molecule has 2 heterocycles. The number of ketones is 1. The lowest BCUT2D eigenvalue weighted by Crippen LogP contribution is -2.17. The summed E-state index contributed by atoms with van der Waals surface area (Å²) in [5.74, 6) is 0.754. The highest BCUT2D eigenvalue weighted by atomic mass is 16.5. The number of aromatic nitrogens is 1. The number of ether oxygens (including phenoxy) is 1. The molecule has 1 aliphatic rings. The molecule has 1 aromatic heterocycles. The van der Waals surface area contributed by atoms with Gasteiger partial charge in [-0.05, 0) is 24.6 Å². The van der Waals surface area contributed by atoms with Crippen molar-refractivity contribution in [3.05, 3.63) is 53.2 Å². The summed E-state index contributed by atoms with van der Waals surface area (Å²) in [6, 6.07) is 9.41. The minimum Gasteiger partial charge on any atom is -0.492 e. The van der Waals surface area contributed by atoms with Gasteiger partial charge < -0.3 is 10.5 Å². The van der Waals surface area contributed by atoms with Crippen LogP contribution >= 0.6 is 0 Å². The van der Waals surface area contributed by atoms with Crippen LogP contribution in [0.3, 0.4) is 0 Å². The summed E-state index contributed by atoms with van der Waals surface area (Å²) < 4.78 is 5.55. The number of hydrogen-bond acceptors (Lipinski definition) is 4. The number of carbonyl (C=O) groups is 1. The van der Waals surface area contributed by atoms with E-state index in [1.165, 1.54) is 0 Å². The molecule has 0 aliphatic carbocycles. The Balaban J connectivity index is 2.03. The van der Waals surface area contributed by atoms with Crippen molar-refractivity contribution < 1.29 is 9.53 Å². The Kier molecular flexibility index (Phi) is 2.71. The van der Waals surface area contributed by atoms with E-state index in [1.807, 2.05) is 31.2 Å². The Morgan fingerprint density at radius 3 is 2.95 bits per heavy atom. The molecule has 2 aromatic rings. The van der Waals surface area contributed by atoms with Crippen LogP contribution in [0, 0.1) is 6.92 Å². The second-order valence-corrected chi connectivity index (χ2v) is 4.65. The summed E-state index contributed by atoms with van der Waals surface area (Å²) >= 11 is 0. The summed E-state index contributed by atoms with van der Waals surface area (Å²) in [6.07, 6.45) is 1.61. The zero-order valence-electron chi connectivity index (χ0n) is 10.6. The monoisotopic (exact) mass is 254 g/mol. The number of para-hydroxylation sites is 1. The number of fused-ring (bicyclic) bond motifs is 1. The molecule has 0 radical (unpaired) electrons. The molecule has 0 fully saturated rings. The Morgan fingerprint density at radius 2 is 2.16 bits per heavy atom. The highest BCUT2D eigenvalue weighted by Gasteiger charge is 2.32. The molecular formula is C15H14N2O2. The van der Waals surface area contributed by atoms with E-state index >= 15 is 0 Å². The van der Waals surface area contributed by atoms with Gasteiger partial charge in [0.05, 0.1) is 11.5 Å². The number of anilines is 1. The molecule has 19 heavy (non-hydrogen) atoms. The van der Waals surface area contributed by atoms with E-state index in [0.717, 1.165) is 16.9 Å². The maximum atomic E-state index is 12.7. The maximum Gasteiger partial charge on any atom is 0.177 e. The first-order chi connectivity index (χ1) is 9.18. The third kappa shape index (κ3) is 1.85. The van der Waals surface area contributed by atoms with Crippen LogP contribution in [-0.4, -0.2) is 17.4 Å². The van der Waals surface area contributed by atoms with Gasteiger partial charge in [-0.15, -0.1) is 0 Å². The lowest BCUT2D eigenvalue weighted by molar-refractivity contribution is 0.0947. The Hall–Kier alpha value is -2.36. The predicted molar refractivity (Wildman–Crippen MR) is 72.4 cm³/mol. The van der Waals surface area contributed by atoms with Crippen molar-refractivity contribution in [1.82, 2.24) is 4.98 Å². The van der Waals surface area contributed by atoms with Gasteiger partial charge in [-0.2, -0.15) is 0 Å². The van der Waals surface area contributed by atoms with Crippen LogP contribution in [-0.2, 0) is 0 Å². The zero-order chi connectivity index (χ0) is 13.4. The van der Waals surface area contributed by atoms with Gasteiger partial charge in [-0.1, -0.05) is 18.2 Å². The number of aryl methyl sites for hydroxylation is 1. The molecule has 0 amide bonds. The molecule has 1 atom stereocenters. The van der Waals surface area contributed by atoms with E-state index in [1.54, 1.807) is 12.3 Å². The van der Waals surface area contributed by atoms with Gasteiger partial charge in [-0.3, -0.25) is 4.79 Å². The second kappa shape index (κ2) is 4.39. The lowest BCUT2D eigenvalue weighted by Gasteiger charge is -2.11. The summed E-state index contributed by atoms with van der Waals surface area (Å²) in [6.45, 7) is 2.24. The van der Waals surface area contributed by atoms with Crippen molar-refractivity contribution >= 4 is 11.6 Å². The van der Waals surface area contributed by atoms with Crippen molar-refractivity contribution in [3.8, 4) is 5.75 Å². The van der Waals surface area contributed by atoms with Crippen molar-refractivity contribution in [1.29, 1.82) is 0 Å². The molecule has 4 heteroatoms. The molecule has 1 aliphatic heterocycles. The standard InChI is InChI=1S/C15H14N2O2/c1-9-6-7-17-15(16)13(9)14(18)11-8-19-12-5-3-2-4-10(11)12/h2-7,11H,8H2,1H3,(H2,16,17). The summed E-state index contributed by atoms with van der Waals surface area (Å²) in [5, 5.41) is 0. The van der Waals surface area contributed by atoms with Gasteiger partial charge in [0, 0.05) is 11.8 Å². The lowest BCUT2D eigenvalue weighted by atomic mass is 9.91. The van der Waals surface area contributed by atoms with Crippen molar-refractivity contribution in [2.75, 3.05) is 12.3 Å². The van der Waals surface area contributed by atoms with Crippen LogP contribution in [0.1, 0.15) is 27.4 Å². The highest BCUT2D eigenvalue weighted by Crippen LogP contribution is 2.36. The largest absolute Gasteiger partial charge is 0.492 e. The molecule has 3 rings (SSSR count). The van der Waals surface area contributed by atoms with E-state index in [2.05, 4.69) is 4.98 Å². The van der Waals surface area contributed by atoms with Gasteiger partial charge in [0.1, 0.15) is 18.2 Å². The Labute approximate surface area is 111 Å². The van der Waals surface area contributed by atoms with Crippen LogP contribution in [0.15, 0.2) is 36.5 Å². The average molecular weight is 254 g/mol. The number of carbonyl (C=O) groups excluding carboxylic acids is 1. The Morgan fingerprint density at radius 1 is 1.37 bits per heavy atom. The topological polar surface area (TPSA) is 65.2 Å². The van der Waals surface area contributed by atoms with E-state index < -0.39 is 0 Å². The Bertz CT molecular complexity index is 632. The number of Topliss-reactive ketones (excluding diaryl/α,β-unsaturated/α-hetero) is 1.